The third kappa shape index (κ3) is 1.04. The minimum atomic E-state index is 0.0798. The average Bonchev–Trinajstić information content (AvgIpc) is 2.69. The molecule has 0 spiro atoms. The van der Waals surface area contributed by atoms with Gasteiger partial charge in [0.2, 0.25) is 11.1 Å². The number of fused-ring (bicyclic) bond motifs is 3. The highest BCUT2D eigenvalue weighted by atomic mass is 16.3. The number of phenols is 1. The molecule has 2 aromatic carbocycles. The molecule has 0 unspecified atom stereocenters. The summed E-state index contributed by atoms with van der Waals surface area (Å²) in [6.07, 6.45) is 0.695. The summed E-state index contributed by atoms with van der Waals surface area (Å²) in [6, 6.07) is 11.6. The van der Waals surface area contributed by atoms with Gasteiger partial charge >= 0.3 is 5.69 Å². The lowest BCUT2D eigenvalue weighted by molar-refractivity contribution is 0.473. The van der Waals surface area contributed by atoms with E-state index in [2.05, 4.69) is 4.98 Å². The van der Waals surface area contributed by atoms with E-state index in [1.807, 2.05) is 30.3 Å². The number of aromatic hydroxyl groups is 1. The Hall–Kier alpha value is -2.34. The molecule has 0 bridgehead atoms. The normalized spacial score (nSPS) is 11.7. The molecular weight excluding hydrogens is 200 g/mol. The van der Waals surface area contributed by atoms with Crippen molar-refractivity contribution in [2.75, 3.05) is 0 Å². The maximum atomic E-state index is 9.93. The Kier molecular flexibility index (Phi) is 1.72. The fourth-order valence-electron chi connectivity index (χ4n) is 2.26. The molecule has 0 heterocycles. The molecule has 76 valence electrons. The Morgan fingerprint density at radius 2 is 1.88 bits per heavy atom. The molecule has 0 amide bonds. The number of phenolic OH excluding ortho intramolecular Hbond substituents is 1. The molecular formula is C13H9N2O+. The number of nitrogens with zero attached hydrogens (tertiary/aromatic N) is 2. The van der Waals surface area contributed by atoms with E-state index in [4.69, 9.17) is 5.39 Å². The van der Waals surface area contributed by atoms with E-state index in [9.17, 15) is 5.11 Å². The average molecular weight is 209 g/mol. The molecule has 1 aliphatic carbocycles. The number of hydrogen-bond donors (Lipinski definition) is 1. The van der Waals surface area contributed by atoms with Crippen molar-refractivity contribution < 1.29 is 5.11 Å². The molecule has 0 aliphatic heterocycles. The highest BCUT2D eigenvalue weighted by molar-refractivity contribution is 5.82. The van der Waals surface area contributed by atoms with Crippen molar-refractivity contribution in [2.45, 2.75) is 6.42 Å². The van der Waals surface area contributed by atoms with E-state index < -0.39 is 0 Å². The van der Waals surface area contributed by atoms with Gasteiger partial charge in [0.1, 0.15) is 0 Å². The quantitative estimate of drug-likeness (QED) is 0.576. The van der Waals surface area contributed by atoms with Gasteiger partial charge in [-0.1, -0.05) is 24.3 Å². The lowest BCUT2D eigenvalue weighted by Gasteiger charge is -1.99. The maximum absolute atomic E-state index is 9.93. The largest absolute Gasteiger partial charge is 0.501 e. The summed E-state index contributed by atoms with van der Waals surface area (Å²) in [5.74, 6) is 0.0798. The zero-order valence-corrected chi connectivity index (χ0v) is 8.51. The first-order valence-electron chi connectivity index (χ1n) is 5.09. The van der Waals surface area contributed by atoms with Crippen molar-refractivity contribution in [3.05, 3.63) is 52.5 Å². The second-order valence-corrected chi connectivity index (χ2v) is 3.89. The molecule has 0 radical (unpaired) electrons. The number of diazo groups is 1. The van der Waals surface area contributed by atoms with E-state index in [1.165, 1.54) is 5.56 Å². The van der Waals surface area contributed by atoms with Gasteiger partial charge in [0.15, 0.2) is 4.98 Å². The number of benzene rings is 2. The van der Waals surface area contributed by atoms with Crippen LogP contribution in [0.1, 0.15) is 11.1 Å². The Morgan fingerprint density at radius 3 is 2.69 bits per heavy atom. The minimum absolute atomic E-state index is 0.0798. The van der Waals surface area contributed by atoms with Crippen LogP contribution in [0, 0.1) is 5.39 Å². The van der Waals surface area contributed by atoms with Crippen molar-refractivity contribution in [2.24, 2.45) is 0 Å². The smallest absolute Gasteiger partial charge is 0.426 e. The zero-order valence-electron chi connectivity index (χ0n) is 8.51. The summed E-state index contributed by atoms with van der Waals surface area (Å²) in [6.45, 7) is 0. The van der Waals surface area contributed by atoms with E-state index >= 15 is 0 Å². The first-order valence-corrected chi connectivity index (χ1v) is 5.09. The highest BCUT2D eigenvalue weighted by Crippen LogP contribution is 2.44. The minimum Gasteiger partial charge on any atom is -0.501 e. The number of rotatable bonds is 0. The predicted molar refractivity (Wildman–Crippen MR) is 61.1 cm³/mol. The van der Waals surface area contributed by atoms with Crippen LogP contribution in [0.3, 0.4) is 0 Å². The third-order valence-corrected chi connectivity index (χ3v) is 3.04. The molecule has 1 N–H and O–H groups in total. The Bertz CT molecular complexity index is 626. The van der Waals surface area contributed by atoms with Gasteiger partial charge in [0.05, 0.1) is 0 Å². The molecule has 3 rings (SSSR count). The molecule has 0 aromatic heterocycles. The van der Waals surface area contributed by atoms with Crippen LogP contribution in [0.25, 0.3) is 16.1 Å². The van der Waals surface area contributed by atoms with E-state index in [0.717, 1.165) is 16.7 Å². The third-order valence-electron chi connectivity index (χ3n) is 3.04. The van der Waals surface area contributed by atoms with Gasteiger partial charge in [-0.2, -0.15) is 0 Å². The Morgan fingerprint density at radius 1 is 1.06 bits per heavy atom. The second kappa shape index (κ2) is 3.07. The van der Waals surface area contributed by atoms with Crippen LogP contribution >= 0.6 is 0 Å². The molecule has 2 aromatic rings. The van der Waals surface area contributed by atoms with Crippen LogP contribution in [0.4, 0.5) is 5.69 Å². The Balaban J connectivity index is 2.29. The fraction of sp³-hybridized carbons (Fsp3) is 0.0769. The highest BCUT2D eigenvalue weighted by Gasteiger charge is 2.26. The summed E-state index contributed by atoms with van der Waals surface area (Å²) in [5.41, 5.74) is 4.45. The first kappa shape index (κ1) is 8.93. The molecule has 3 heteroatoms. The van der Waals surface area contributed by atoms with Crippen molar-refractivity contribution >= 4 is 5.69 Å². The van der Waals surface area contributed by atoms with Crippen LogP contribution in [-0.2, 0) is 6.42 Å². The first-order chi connectivity index (χ1) is 7.81. The number of hydrogen-bond acceptors (Lipinski definition) is 2. The van der Waals surface area contributed by atoms with Crippen LogP contribution in [-0.4, -0.2) is 5.11 Å². The van der Waals surface area contributed by atoms with Gasteiger partial charge in [0.25, 0.3) is 0 Å². The molecule has 1 aliphatic rings. The summed E-state index contributed by atoms with van der Waals surface area (Å²) < 4.78 is 0. The Labute approximate surface area is 92.6 Å². The molecule has 0 fully saturated rings. The van der Waals surface area contributed by atoms with E-state index in [1.54, 1.807) is 6.07 Å². The van der Waals surface area contributed by atoms with Gasteiger partial charge < -0.3 is 5.11 Å². The SMILES string of the molecule is N#[N+]c1ccc2c(c1O)Cc1ccccc1-2. The topological polar surface area (TPSA) is 48.4 Å². The summed E-state index contributed by atoms with van der Waals surface area (Å²) in [7, 11) is 0. The van der Waals surface area contributed by atoms with Gasteiger partial charge in [-0.25, -0.2) is 0 Å². The monoisotopic (exact) mass is 209 g/mol. The summed E-state index contributed by atoms with van der Waals surface area (Å²) in [5, 5.41) is 18.7. The summed E-state index contributed by atoms with van der Waals surface area (Å²) in [4.78, 5) is 3.06. The lowest BCUT2D eigenvalue weighted by Crippen LogP contribution is -1.81. The second-order valence-electron chi connectivity index (χ2n) is 3.89. The summed E-state index contributed by atoms with van der Waals surface area (Å²) >= 11 is 0. The molecule has 0 saturated carbocycles. The van der Waals surface area contributed by atoms with Gasteiger partial charge in [-0.3, -0.25) is 0 Å². The van der Waals surface area contributed by atoms with Crippen LogP contribution in [0.15, 0.2) is 36.4 Å². The van der Waals surface area contributed by atoms with Gasteiger partial charge in [-0.05, 0) is 22.8 Å². The van der Waals surface area contributed by atoms with Crippen molar-refractivity contribution in [3.8, 4) is 16.9 Å². The molecule has 0 atom stereocenters. The molecule has 3 nitrogen and oxygen atoms in total. The standard InChI is InChI=1S/C13H8N2O/c14-15-12-6-5-10-9-4-2-1-3-8(9)7-11(10)13(12)16/h1-6H,7H2/p+1. The lowest BCUT2D eigenvalue weighted by atomic mass is 10.0. The predicted octanol–water partition coefficient (Wildman–Crippen LogP) is 3.45. The molecule has 16 heavy (non-hydrogen) atoms. The van der Waals surface area contributed by atoms with Crippen LogP contribution in [0.5, 0.6) is 5.75 Å². The van der Waals surface area contributed by atoms with Crippen molar-refractivity contribution in [1.82, 2.24) is 0 Å². The van der Waals surface area contributed by atoms with E-state index in [0.29, 0.717) is 6.42 Å². The van der Waals surface area contributed by atoms with Crippen molar-refractivity contribution in [1.29, 1.82) is 5.39 Å². The van der Waals surface area contributed by atoms with Crippen LogP contribution < -0.4 is 0 Å². The van der Waals surface area contributed by atoms with E-state index in [-0.39, 0.29) is 11.4 Å². The van der Waals surface area contributed by atoms with Crippen LogP contribution in [0.2, 0.25) is 0 Å². The van der Waals surface area contributed by atoms with Gasteiger partial charge in [0, 0.05) is 18.1 Å². The van der Waals surface area contributed by atoms with Gasteiger partial charge in [-0.15, -0.1) is 0 Å². The zero-order chi connectivity index (χ0) is 11.1. The van der Waals surface area contributed by atoms with Crippen molar-refractivity contribution in [3.63, 3.8) is 0 Å². The molecule has 0 saturated heterocycles. The maximum Gasteiger partial charge on any atom is 0.426 e. The fourth-order valence-corrected chi connectivity index (χ4v) is 2.26.